The Kier molecular flexibility index (Phi) is 6.42. The van der Waals surface area contributed by atoms with Crippen molar-refractivity contribution in [1.29, 1.82) is 0 Å². The second-order valence-corrected chi connectivity index (χ2v) is 11.9. The van der Waals surface area contributed by atoms with E-state index in [0.29, 0.717) is 11.8 Å². The van der Waals surface area contributed by atoms with E-state index in [4.69, 9.17) is 8.92 Å². The molecule has 5 nitrogen and oxygen atoms in total. The molecule has 0 radical (unpaired) electrons. The van der Waals surface area contributed by atoms with Gasteiger partial charge in [-0.3, -0.25) is 18.6 Å². The van der Waals surface area contributed by atoms with Crippen molar-refractivity contribution in [2.24, 2.45) is 11.8 Å². The van der Waals surface area contributed by atoms with Gasteiger partial charge >= 0.3 is 0 Å². The minimum Gasteiger partial charge on any atom is -0.497 e. The van der Waals surface area contributed by atoms with Crippen LogP contribution in [0, 0.1) is 18.8 Å². The molecule has 0 amide bonds. The van der Waals surface area contributed by atoms with Crippen molar-refractivity contribution in [3.8, 4) is 5.75 Å². The van der Waals surface area contributed by atoms with Gasteiger partial charge in [0.1, 0.15) is 11.9 Å². The predicted molar refractivity (Wildman–Crippen MR) is 139 cm³/mol. The van der Waals surface area contributed by atoms with E-state index in [2.05, 4.69) is 29.5 Å². The highest BCUT2D eigenvalue weighted by Gasteiger charge is 2.44. The van der Waals surface area contributed by atoms with E-state index in [1.54, 1.807) is 7.11 Å². The number of nitrogens with zero attached hydrogens (tertiary/aromatic N) is 2. The van der Waals surface area contributed by atoms with E-state index in [1.807, 2.05) is 61.0 Å². The van der Waals surface area contributed by atoms with Crippen LogP contribution in [0.4, 0.5) is 0 Å². The Morgan fingerprint density at radius 3 is 2.68 bits per heavy atom. The number of rotatable bonds is 7. The average Bonchev–Trinajstić information content (AvgIpc) is 2.87. The molecule has 1 aromatic heterocycles. The Morgan fingerprint density at radius 1 is 1.21 bits per heavy atom. The standard InChI is InChI=1S/C28H34N2O3S/c1-5-20-18-30-15-13-21(20)16-27(30)28(33-34(4,31)23-9-6-19(2)7-10-23)24-12-14-29-26-11-8-22(32-3)17-25(24)26/h5-12,14,17,20-21,27-28,31H,1,13,15-16,18H2,2-4H3/t20?,21?,27?,28-/m1/s1. The Labute approximate surface area is 204 Å². The number of hydrogen-bond donors (Lipinski definition) is 1. The third-order valence-electron chi connectivity index (χ3n) is 7.54. The fraction of sp³-hybridized carbons (Fsp3) is 0.393. The molecule has 2 bridgehead atoms. The lowest BCUT2D eigenvalue weighted by Gasteiger charge is -2.52. The molecule has 0 spiro atoms. The Morgan fingerprint density at radius 2 is 2.00 bits per heavy atom. The molecule has 0 aliphatic carbocycles. The summed E-state index contributed by atoms with van der Waals surface area (Å²) in [7, 11) is -0.813. The average molecular weight is 479 g/mol. The summed E-state index contributed by atoms with van der Waals surface area (Å²) in [6, 6.07) is 16.2. The molecule has 1 N–H and O–H groups in total. The van der Waals surface area contributed by atoms with Gasteiger partial charge in [0.05, 0.1) is 17.5 Å². The van der Waals surface area contributed by atoms with E-state index < -0.39 is 10.6 Å². The SMILES string of the molecule is C=CC1CN2CCC1CC2[C@H](OS(C)(O)c1ccc(C)cc1)c1ccnc2ccc(OC)cc12. The van der Waals surface area contributed by atoms with Crippen LogP contribution in [0.3, 0.4) is 0 Å². The molecule has 3 saturated heterocycles. The van der Waals surface area contributed by atoms with Gasteiger partial charge in [0, 0.05) is 30.4 Å². The first-order chi connectivity index (χ1) is 16.4. The van der Waals surface area contributed by atoms with Crippen molar-refractivity contribution in [2.75, 3.05) is 26.5 Å². The van der Waals surface area contributed by atoms with Crippen LogP contribution in [0.25, 0.3) is 10.9 Å². The molecule has 0 saturated carbocycles. The third-order valence-corrected chi connectivity index (χ3v) is 9.27. The van der Waals surface area contributed by atoms with Gasteiger partial charge in [0.2, 0.25) is 0 Å². The van der Waals surface area contributed by atoms with Crippen molar-refractivity contribution in [3.63, 3.8) is 0 Å². The Balaban J connectivity index is 1.59. The van der Waals surface area contributed by atoms with Gasteiger partial charge in [-0.2, -0.15) is 10.6 Å². The highest BCUT2D eigenvalue weighted by molar-refractivity contribution is 8.24. The van der Waals surface area contributed by atoms with Crippen molar-refractivity contribution in [3.05, 3.63) is 78.5 Å². The number of fused-ring (bicyclic) bond motifs is 4. The summed E-state index contributed by atoms with van der Waals surface area (Å²) in [4.78, 5) is 7.96. The quantitative estimate of drug-likeness (QED) is 0.399. The van der Waals surface area contributed by atoms with Crippen LogP contribution in [0.2, 0.25) is 0 Å². The van der Waals surface area contributed by atoms with E-state index in [9.17, 15) is 4.55 Å². The fourth-order valence-corrected chi connectivity index (χ4v) is 6.97. The lowest BCUT2D eigenvalue weighted by atomic mass is 9.73. The second-order valence-electron chi connectivity index (χ2n) is 9.66. The maximum absolute atomic E-state index is 11.7. The van der Waals surface area contributed by atoms with Gasteiger partial charge in [-0.1, -0.05) is 23.8 Å². The topological polar surface area (TPSA) is 54.8 Å². The number of aryl methyl sites for hydroxylation is 1. The zero-order valence-electron chi connectivity index (χ0n) is 20.2. The number of pyridine rings is 1. The number of hydrogen-bond acceptors (Lipinski definition) is 5. The molecule has 3 aromatic rings. The molecule has 4 heterocycles. The predicted octanol–water partition coefficient (Wildman–Crippen LogP) is 6.39. The Bertz CT molecular complexity index is 1180. The highest BCUT2D eigenvalue weighted by atomic mass is 32.3. The van der Waals surface area contributed by atoms with Gasteiger partial charge in [0.15, 0.2) is 0 Å². The highest BCUT2D eigenvalue weighted by Crippen LogP contribution is 2.56. The van der Waals surface area contributed by atoms with E-state index in [-0.39, 0.29) is 12.1 Å². The largest absolute Gasteiger partial charge is 0.497 e. The Hall–Kier alpha value is -2.38. The van der Waals surface area contributed by atoms with E-state index >= 15 is 0 Å². The molecule has 180 valence electrons. The second kappa shape index (κ2) is 9.34. The molecule has 3 aliphatic heterocycles. The summed E-state index contributed by atoms with van der Waals surface area (Å²) in [5.74, 6) is 1.90. The molecule has 3 aliphatic rings. The van der Waals surface area contributed by atoms with Crippen LogP contribution in [0.5, 0.6) is 5.75 Å². The zero-order valence-corrected chi connectivity index (χ0v) is 21.0. The van der Waals surface area contributed by atoms with Gasteiger partial charge in [-0.15, -0.1) is 6.58 Å². The zero-order chi connectivity index (χ0) is 23.9. The maximum Gasteiger partial charge on any atom is 0.124 e. The monoisotopic (exact) mass is 478 g/mol. The fourth-order valence-electron chi connectivity index (χ4n) is 5.59. The number of methoxy groups -OCH3 is 1. The minimum absolute atomic E-state index is 0.177. The minimum atomic E-state index is -2.49. The summed E-state index contributed by atoms with van der Waals surface area (Å²) in [5.41, 5.74) is 3.11. The lowest BCUT2D eigenvalue weighted by Crippen LogP contribution is -2.55. The van der Waals surface area contributed by atoms with E-state index in [1.165, 1.54) is 6.42 Å². The molecule has 6 rings (SSSR count). The van der Waals surface area contributed by atoms with Crippen LogP contribution in [-0.2, 0) is 4.18 Å². The number of ether oxygens (including phenoxy) is 1. The summed E-state index contributed by atoms with van der Waals surface area (Å²) < 4.78 is 24.0. The molecule has 34 heavy (non-hydrogen) atoms. The summed E-state index contributed by atoms with van der Waals surface area (Å²) in [6.07, 6.45) is 7.71. The first-order valence-corrected chi connectivity index (χ1v) is 13.9. The maximum atomic E-state index is 11.7. The lowest BCUT2D eigenvalue weighted by molar-refractivity contribution is -0.0341. The van der Waals surface area contributed by atoms with Crippen LogP contribution in [0.15, 0.2) is 72.3 Å². The van der Waals surface area contributed by atoms with Gasteiger partial charge in [0.25, 0.3) is 0 Å². The van der Waals surface area contributed by atoms with Crippen LogP contribution in [-0.4, -0.2) is 46.9 Å². The number of benzene rings is 2. The van der Waals surface area contributed by atoms with Crippen LogP contribution >= 0.6 is 10.6 Å². The number of piperidine rings is 3. The first-order valence-electron chi connectivity index (χ1n) is 11.9. The van der Waals surface area contributed by atoms with Gasteiger partial charge in [-0.05, 0) is 80.1 Å². The third kappa shape index (κ3) is 4.36. The molecular weight excluding hydrogens is 444 g/mol. The van der Waals surface area contributed by atoms with Crippen LogP contribution < -0.4 is 4.74 Å². The summed E-state index contributed by atoms with van der Waals surface area (Å²) >= 11 is 0. The van der Waals surface area contributed by atoms with Gasteiger partial charge in [-0.25, -0.2) is 0 Å². The van der Waals surface area contributed by atoms with Crippen LogP contribution in [0.1, 0.15) is 30.1 Å². The van der Waals surface area contributed by atoms with Crippen molar-refractivity contribution in [1.82, 2.24) is 9.88 Å². The van der Waals surface area contributed by atoms with Gasteiger partial charge < -0.3 is 4.74 Å². The number of aromatic nitrogens is 1. The summed E-state index contributed by atoms with van der Waals surface area (Å²) in [5, 5.41) is 1.01. The molecule has 2 aromatic carbocycles. The normalized spacial score (nSPS) is 27.6. The van der Waals surface area contributed by atoms with Crippen molar-refractivity contribution < 1.29 is 13.5 Å². The van der Waals surface area contributed by atoms with E-state index in [0.717, 1.165) is 52.2 Å². The summed E-state index contributed by atoms with van der Waals surface area (Å²) in [6.45, 7) is 8.18. The molecule has 6 atom stereocenters. The molecule has 6 heteroatoms. The molecular formula is C28H34N2O3S. The first kappa shape index (κ1) is 23.4. The molecule has 3 fully saturated rings. The van der Waals surface area contributed by atoms with Crippen molar-refractivity contribution in [2.45, 2.75) is 36.8 Å². The smallest absolute Gasteiger partial charge is 0.124 e. The van der Waals surface area contributed by atoms with Crippen molar-refractivity contribution >= 4 is 21.5 Å². The molecule has 5 unspecified atom stereocenters.